The molecule has 1 rings (SSSR count). The normalized spacial score (nSPS) is 10.3. The third-order valence-corrected chi connectivity index (χ3v) is 2.55. The van der Waals surface area contributed by atoms with Gasteiger partial charge in [-0.1, -0.05) is 23.2 Å². The number of benzene rings is 1. The van der Waals surface area contributed by atoms with Gasteiger partial charge in [0.1, 0.15) is 12.1 Å². The molecule has 0 radical (unpaired) electrons. The minimum atomic E-state index is -0.483. The van der Waals surface area contributed by atoms with Crippen LogP contribution in [0.2, 0.25) is 10.0 Å². The number of hydrogen-bond acceptors (Lipinski definition) is 5. The second-order valence-electron chi connectivity index (χ2n) is 3.02. The summed E-state index contributed by atoms with van der Waals surface area (Å²) in [5.41, 5.74) is 7.72. The Hall–Kier alpha value is -2.28. The highest BCUT2D eigenvalue weighted by Crippen LogP contribution is 2.28. The van der Waals surface area contributed by atoms with Gasteiger partial charge in [-0.15, -0.1) is 0 Å². The largest absolute Gasteiger partial charge is 0.382 e. The molecule has 6 nitrogen and oxygen atoms in total. The van der Waals surface area contributed by atoms with Crippen molar-refractivity contribution in [3.63, 3.8) is 0 Å². The van der Waals surface area contributed by atoms with Crippen LogP contribution in [0.5, 0.6) is 0 Å². The van der Waals surface area contributed by atoms with E-state index in [1.54, 1.807) is 6.07 Å². The molecule has 0 atom stereocenters. The van der Waals surface area contributed by atoms with Crippen molar-refractivity contribution in [3.05, 3.63) is 27.7 Å². The number of amidine groups is 1. The molecule has 0 heterocycles. The number of nitrogens with one attached hydrogen (secondary N) is 2. The van der Waals surface area contributed by atoms with Gasteiger partial charge in [0, 0.05) is 0 Å². The number of anilines is 1. The number of halogens is 2. The maximum atomic E-state index is 8.89. The van der Waals surface area contributed by atoms with Crippen LogP contribution in [0.25, 0.3) is 0 Å². The fourth-order valence-electron chi connectivity index (χ4n) is 0.993. The van der Waals surface area contributed by atoms with Gasteiger partial charge in [0.25, 0.3) is 0 Å². The van der Waals surface area contributed by atoms with Crippen molar-refractivity contribution < 1.29 is 0 Å². The Morgan fingerprint density at radius 1 is 1.33 bits per heavy atom. The summed E-state index contributed by atoms with van der Waals surface area (Å²) in [5, 5.41) is 28.7. The van der Waals surface area contributed by atoms with E-state index in [2.05, 4.69) is 10.5 Å². The lowest BCUT2D eigenvalue weighted by Gasteiger charge is -2.05. The summed E-state index contributed by atoms with van der Waals surface area (Å²) in [4.78, 5) is 0. The summed E-state index contributed by atoms with van der Waals surface area (Å²) in [6, 6.07) is 6.28. The minimum absolute atomic E-state index is 0.203. The number of nitriles is 2. The van der Waals surface area contributed by atoms with E-state index >= 15 is 0 Å². The first-order valence-corrected chi connectivity index (χ1v) is 5.22. The van der Waals surface area contributed by atoms with E-state index in [9.17, 15) is 0 Å². The molecular formula is C10H6Cl2N6. The Bertz CT molecular complexity index is 608. The first-order valence-electron chi connectivity index (χ1n) is 4.47. The number of hydrazone groups is 1. The number of rotatable bonds is 3. The molecule has 18 heavy (non-hydrogen) atoms. The van der Waals surface area contributed by atoms with Crippen LogP contribution in [0.3, 0.4) is 0 Å². The number of hydrogen-bond donors (Lipinski definition) is 3. The summed E-state index contributed by atoms with van der Waals surface area (Å²) in [6.07, 6.45) is 0. The van der Waals surface area contributed by atoms with E-state index in [-0.39, 0.29) is 27.0 Å². The Kier molecular flexibility index (Phi) is 4.50. The molecule has 0 aromatic heterocycles. The van der Waals surface area contributed by atoms with E-state index in [0.717, 1.165) is 0 Å². The molecule has 0 aliphatic carbocycles. The summed E-state index contributed by atoms with van der Waals surface area (Å²) >= 11 is 11.5. The van der Waals surface area contributed by atoms with Crippen molar-refractivity contribution in [1.29, 1.82) is 15.9 Å². The molecule has 0 unspecified atom stereocenters. The molecule has 8 heteroatoms. The molecule has 0 saturated heterocycles. The average Bonchev–Trinajstić information content (AvgIpc) is 2.33. The third kappa shape index (κ3) is 3.11. The smallest absolute Gasteiger partial charge is 0.201 e. The Labute approximate surface area is 113 Å². The van der Waals surface area contributed by atoms with Crippen molar-refractivity contribution in [2.45, 2.75) is 0 Å². The number of nitrogens with zero attached hydrogens (tertiary/aromatic N) is 3. The molecule has 0 aliphatic rings. The lowest BCUT2D eigenvalue weighted by atomic mass is 10.2. The maximum Gasteiger partial charge on any atom is 0.201 e. The SMILES string of the molecule is N#C/C(=N\Nc1cc(Cl)c(Cl)cc1C#N)C(=N)N. The molecule has 0 fully saturated rings. The quantitative estimate of drug-likeness (QED) is 0.446. The van der Waals surface area contributed by atoms with Crippen LogP contribution in [0.1, 0.15) is 5.56 Å². The van der Waals surface area contributed by atoms with Crippen LogP contribution in [-0.4, -0.2) is 11.5 Å². The molecule has 0 amide bonds. The van der Waals surface area contributed by atoms with E-state index in [4.69, 9.17) is 44.9 Å². The van der Waals surface area contributed by atoms with Crippen LogP contribution in [-0.2, 0) is 0 Å². The van der Waals surface area contributed by atoms with Gasteiger partial charge < -0.3 is 5.73 Å². The van der Waals surface area contributed by atoms with E-state index in [0.29, 0.717) is 0 Å². The summed E-state index contributed by atoms with van der Waals surface area (Å²) in [7, 11) is 0. The summed E-state index contributed by atoms with van der Waals surface area (Å²) < 4.78 is 0. The molecule has 1 aromatic carbocycles. The third-order valence-electron chi connectivity index (χ3n) is 1.83. The van der Waals surface area contributed by atoms with Crippen LogP contribution < -0.4 is 11.2 Å². The van der Waals surface area contributed by atoms with Gasteiger partial charge in [0.05, 0.1) is 21.3 Å². The number of nitrogens with two attached hydrogens (primary N) is 1. The summed E-state index contributed by atoms with van der Waals surface area (Å²) in [5.74, 6) is -0.483. The van der Waals surface area contributed by atoms with Gasteiger partial charge in [-0.2, -0.15) is 15.6 Å². The van der Waals surface area contributed by atoms with Crippen LogP contribution in [0, 0.1) is 28.1 Å². The van der Waals surface area contributed by atoms with Crippen LogP contribution in [0.4, 0.5) is 5.69 Å². The molecule has 4 N–H and O–H groups in total. The van der Waals surface area contributed by atoms with Crippen molar-refractivity contribution >= 4 is 40.4 Å². The monoisotopic (exact) mass is 280 g/mol. The highest BCUT2D eigenvalue weighted by atomic mass is 35.5. The maximum absolute atomic E-state index is 8.89. The van der Waals surface area contributed by atoms with E-state index in [1.165, 1.54) is 12.1 Å². The molecule has 0 spiro atoms. The zero-order valence-electron chi connectivity index (χ0n) is 8.83. The topological polar surface area (TPSA) is 122 Å². The van der Waals surface area contributed by atoms with Crippen molar-refractivity contribution in [3.8, 4) is 12.1 Å². The van der Waals surface area contributed by atoms with Crippen LogP contribution >= 0.6 is 23.2 Å². The molecular weight excluding hydrogens is 275 g/mol. The van der Waals surface area contributed by atoms with E-state index in [1.807, 2.05) is 6.07 Å². The Morgan fingerprint density at radius 2 is 1.94 bits per heavy atom. The molecule has 90 valence electrons. The molecule has 0 saturated carbocycles. The van der Waals surface area contributed by atoms with E-state index < -0.39 is 5.84 Å². The molecule has 1 aromatic rings. The standard InChI is InChI=1S/C10H6Cl2N6/c11-6-1-5(3-13)8(2-7(6)12)17-18-9(4-14)10(15)16/h1-2,17H,(H3,15,16)/b18-9+. The Morgan fingerprint density at radius 3 is 2.44 bits per heavy atom. The second kappa shape index (κ2) is 5.87. The molecule has 0 bridgehead atoms. The highest BCUT2D eigenvalue weighted by Gasteiger charge is 2.08. The fourth-order valence-corrected chi connectivity index (χ4v) is 1.32. The van der Waals surface area contributed by atoms with Crippen molar-refractivity contribution in [2.75, 3.05) is 5.43 Å². The van der Waals surface area contributed by atoms with Crippen molar-refractivity contribution in [2.24, 2.45) is 10.8 Å². The second-order valence-corrected chi connectivity index (χ2v) is 3.84. The van der Waals surface area contributed by atoms with Gasteiger partial charge in [0.15, 0.2) is 5.84 Å². The van der Waals surface area contributed by atoms with Gasteiger partial charge in [-0.3, -0.25) is 10.8 Å². The van der Waals surface area contributed by atoms with Crippen LogP contribution in [0.15, 0.2) is 17.2 Å². The predicted octanol–water partition coefficient (Wildman–Crippen LogP) is 2.09. The predicted molar refractivity (Wildman–Crippen MR) is 69.8 cm³/mol. The van der Waals surface area contributed by atoms with Gasteiger partial charge in [-0.05, 0) is 12.1 Å². The lowest BCUT2D eigenvalue weighted by Crippen LogP contribution is -2.21. The Balaban J connectivity index is 3.14. The average molecular weight is 281 g/mol. The first-order chi connectivity index (χ1) is 8.49. The molecule has 0 aliphatic heterocycles. The zero-order valence-corrected chi connectivity index (χ0v) is 10.3. The fraction of sp³-hybridized carbons (Fsp3) is 0. The van der Waals surface area contributed by atoms with Gasteiger partial charge in [0.2, 0.25) is 5.71 Å². The minimum Gasteiger partial charge on any atom is -0.382 e. The summed E-state index contributed by atoms with van der Waals surface area (Å²) in [6.45, 7) is 0. The van der Waals surface area contributed by atoms with Gasteiger partial charge in [-0.25, -0.2) is 0 Å². The van der Waals surface area contributed by atoms with Crippen molar-refractivity contribution in [1.82, 2.24) is 0 Å². The zero-order chi connectivity index (χ0) is 13.7. The first kappa shape index (κ1) is 13.8. The van der Waals surface area contributed by atoms with Gasteiger partial charge >= 0.3 is 0 Å². The highest BCUT2D eigenvalue weighted by molar-refractivity contribution is 6.46. The lowest BCUT2D eigenvalue weighted by molar-refractivity contribution is 1.32.